The molecule has 0 bridgehead atoms. The molecule has 1 aliphatic heterocycles. The van der Waals surface area contributed by atoms with E-state index in [0.29, 0.717) is 5.11 Å². The van der Waals surface area contributed by atoms with Gasteiger partial charge in [-0.25, -0.2) is 0 Å². The minimum Gasteiger partial charge on any atom is -0.454 e. The molecule has 2 aromatic rings. The summed E-state index contributed by atoms with van der Waals surface area (Å²) in [4.78, 5) is 4.01. The number of nitrogens with zero attached hydrogens (tertiary/aromatic N) is 1. The molecule has 0 amide bonds. The molecule has 0 saturated carbocycles. The molecule has 0 radical (unpaired) electrons. The molecule has 1 aromatic heterocycles. The predicted molar refractivity (Wildman–Crippen MR) is 84.6 cm³/mol. The van der Waals surface area contributed by atoms with E-state index in [4.69, 9.17) is 21.7 Å². The third kappa shape index (κ3) is 3.22. The summed E-state index contributed by atoms with van der Waals surface area (Å²) in [6.45, 7) is 2.31. The number of benzene rings is 1. The van der Waals surface area contributed by atoms with Crippen molar-refractivity contribution in [1.82, 2.24) is 10.3 Å². The summed E-state index contributed by atoms with van der Waals surface area (Å²) < 4.78 is 10.6. The fraction of sp³-hybridized carbons (Fsp3) is 0.200. The zero-order valence-electron chi connectivity index (χ0n) is 11.5. The number of fused-ring (bicyclic) bond motifs is 1. The lowest BCUT2D eigenvalue weighted by Gasteiger charge is -2.17. The highest BCUT2D eigenvalue weighted by atomic mass is 32.1. The van der Waals surface area contributed by atoms with Crippen molar-refractivity contribution in [2.75, 3.05) is 12.1 Å². The zero-order valence-corrected chi connectivity index (χ0v) is 12.3. The van der Waals surface area contributed by atoms with Gasteiger partial charge in [-0.15, -0.1) is 0 Å². The van der Waals surface area contributed by atoms with Crippen molar-refractivity contribution < 1.29 is 9.47 Å². The van der Waals surface area contributed by atoms with Gasteiger partial charge in [-0.3, -0.25) is 4.98 Å². The van der Waals surface area contributed by atoms with Crippen LogP contribution < -0.4 is 20.1 Å². The van der Waals surface area contributed by atoms with E-state index in [9.17, 15) is 0 Å². The van der Waals surface area contributed by atoms with E-state index in [1.54, 1.807) is 12.4 Å². The summed E-state index contributed by atoms with van der Waals surface area (Å²) in [5.74, 6) is 1.48. The second kappa shape index (κ2) is 5.97. The van der Waals surface area contributed by atoms with Gasteiger partial charge in [0.1, 0.15) is 0 Å². The largest absolute Gasteiger partial charge is 0.454 e. The van der Waals surface area contributed by atoms with Crippen molar-refractivity contribution in [3.8, 4) is 11.5 Å². The number of hydrogen-bond donors (Lipinski definition) is 2. The van der Waals surface area contributed by atoms with E-state index in [0.717, 1.165) is 22.7 Å². The minimum absolute atomic E-state index is 0.0991. The van der Waals surface area contributed by atoms with Crippen LogP contribution in [0, 0.1) is 0 Å². The zero-order chi connectivity index (χ0) is 14.7. The van der Waals surface area contributed by atoms with Gasteiger partial charge in [-0.2, -0.15) is 0 Å². The van der Waals surface area contributed by atoms with Crippen LogP contribution >= 0.6 is 12.2 Å². The van der Waals surface area contributed by atoms with Gasteiger partial charge in [0.25, 0.3) is 0 Å². The summed E-state index contributed by atoms with van der Waals surface area (Å²) in [5, 5.41) is 6.93. The molecule has 3 rings (SSSR count). The summed E-state index contributed by atoms with van der Waals surface area (Å²) in [6.07, 6.45) is 3.53. The number of thiocarbonyl (C=S) groups is 1. The number of pyridine rings is 1. The van der Waals surface area contributed by atoms with E-state index in [-0.39, 0.29) is 12.8 Å². The first-order valence-corrected chi connectivity index (χ1v) is 7.00. The molecular weight excluding hydrogens is 286 g/mol. The third-order valence-corrected chi connectivity index (χ3v) is 3.40. The van der Waals surface area contributed by atoms with Crippen molar-refractivity contribution in [2.45, 2.75) is 13.0 Å². The Morgan fingerprint density at radius 1 is 1.19 bits per heavy atom. The highest BCUT2D eigenvalue weighted by Gasteiger charge is 2.14. The summed E-state index contributed by atoms with van der Waals surface area (Å²) in [5.41, 5.74) is 1.98. The standard InChI is InChI=1S/C15H15N3O2S/c1-10(11-4-6-16-7-5-11)17-15(21)18-12-2-3-13-14(8-12)20-9-19-13/h2-8,10H,9H2,1H3,(H2,17,18,21). The number of anilines is 1. The SMILES string of the molecule is CC(NC(=S)Nc1ccc2c(c1)OCO2)c1ccncc1. The van der Waals surface area contributed by atoms with Crippen LogP contribution in [0.5, 0.6) is 11.5 Å². The van der Waals surface area contributed by atoms with Crippen LogP contribution in [0.4, 0.5) is 5.69 Å². The number of ether oxygens (including phenoxy) is 2. The number of nitrogens with one attached hydrogen (secondary N) is 2. The Morgan fingerprint density at radius 2 is 1.95 bits per heavy atom. The first-order chi connectivity index (χ1) is 10.2. The Hall–Kier alpha value is -2.34. The summed E-state index contributed by atoms with van der Waals surface area (Å²) in [6, 6.07) is 9.65. The quantitative estimate of drug-likeness (QED) is 0.850. The van der Waals surface area contributed by atoms with E-state index in [1.807, 2.05) is 37.3 Å². The number of rotatable bonds is 3. The van der Waals surface area contributed by atoms with Crippen LogP contribution in [0.1, 0.15) is 18.5 Å². The second-order valence-electron chi connectivity index (χ2n) is 4.67. The highest BCUT2D eigenvalue weighted by molar-refractivity contribution is 7.80. The lowest BCUT2D eigenvalue weighted by molar-refractivity contribution is 0.174. The average molecular weight is 301 g/mol. The topological polar surface area (TPSA) is 55.4 Å². The Labute approximate surface area is 128 Å². The van der Waals surface area contributed by atoms with Crippen LogP contribution in [0.25, 0.3) is 0 Å². The normalized spacial score (nSPS) is 13.6. The van der Waals surface area contributed by atoms with Crippen LogP contribution in [-0.4, -0.2) is 16.9 Å². The molecule has 1 atom stereocenters. The van der Waals surface area contributed by atoms with Gasteiger partial charge in [-0.1, -0.05) is 0 Å². The Morgan fingerprint density at radius 3 is 2.76 bits per heavy atom. The first kappa shape index (κ1) is 13.6. The average Bonchev–Trinajstić information content (AvgIpc) is 2.95. The van der Waals surface area contributed by atoms with Crippen LogP contribution in [0.2, 0.25) is 0 Å². The maximum absolute atomic E-state index is 5.34. The molecule has 6 heteroatoms. The fourth-order valence-corrected chi connectivity index (χ4v) is 2.37. The maximum atomic E-state index is 5.34. The minimum atomic E-state index is 0.0991. The van der Waals surface area contributed by atoms with Crippen molar-refractivity contribution >= 4 is 23.0 Å². The van der Waals surface area contributed by atoms with Gasteiger partial charge >= 0.3 is 0 Å². The van der Waals surface area contributed by atoms with Crippen molar-refractivity contribution in [3.05, 3.63) is 48.3 Å². The van der Waals surface area contributed by atoms with Crippen LogP contribution in [-0.2, 0) is 0 Å². The molecule has 1 aromatic carbocycles. The molecule has 2 N–H and O–H groups in total. The van der Waals surface area contributed by atoms with Crippen molar-refractivity contribution in [3.63, 3.8) is 0 Å². The van der Waals surface area contributed by atoms with Crippen LogP contribution in [0.3, 0.4) is 0 Å². The Balaban J connectivity index is 1.61. The van der Waals surface area contributed by atoms with Crippen molar-refractivity contribution in [2.24, 2.45) is 0 Å². The molecule has 0 saturated heterocycles. The number of hydrogen-bond acceptors (Lipinski definition) is 4. The highest BCUT2D eigenvalue weighted by Crippen LogP contribution is 2.34. The lowest BCUT2D eigenvalue weighted by Crippen LogP contribution is -2.30. The first-order valence-electron chi connectivity index (χ1n) is 6.59. The second-order valence-corrected chi connectivity index (χ2v) is 5.08. The molecular formula is C15H15N3O2S. The third-order valence-electron chi connectivity index (χ3n) is 3.18. The van der Waals surface area contributed by atoms with E-state index in [2.05, 4.69) is 15.6 Å². The number of aromatic nitrogens is 1. The Kier molecular flexibility index (Phi) is 3.87. The molecule has 0 fully saturated rings. The lowest BCUT2D eigenvalue weighted by atomic mass is 10.1. The molecule has 1 aliphatic rings. The Bertz CT molecular complexity index is 649. The molecule has 5 nitrogen and oxygen atoms in total. The van der Waals surface area contributed by atoms with Gasteiger partial charge in [0.2, 0.25) is 6.79 Å². The summed E-state index contributed by atoms with van der Waals surface area (Å²) >= 11 is 5.33. The van der Waals surface area contributed by atoms with Gasteiger partial charge in [0, 0.05) is 24.1 Å². The molecule has 1 unspecified atom stereocenters. The van der Waals surface area contributed by atoms with Gasteiger partial charge in [0.15, 0.2) is 16.6 Å². The van der Waals surface area contributed by atoms with Gasteiger partial charge in [-0.05, 0) is 49.0 Å². The molecule has 0 spiro atoms. The van der Waals surface area contributed by atoms with Crippen molar-refractivity contribution in [1.29, 1.82) is 0 Å². The van der Waals surface area contributed by atoms with E-state index >= 15 is 0 Å². The van der Waals surface area contributed by atoms with Gasteiger partial charge < -0.3 is 20.1 Å². The monoisotopic (exact) mass is 301 g/mol. The fourth-order valence-electron chi connectivity index (χ4n) is 2.07. The maximum Gasteiger partial charge on any atom is 0.231 e. The van der Waals surface area contributed by atoms with Gasteiger partial charge in [0.05, 0.1) is 6.04 Å². The predicted octanol–water partition coefficient (Wildman–Crippen LogP) is 2.86. The van der Waals surface area contributed by atoms with E-state index < -0.39 is 0 Å². The molecule has 0 aliphatic carbocycles. The molecule has 108 valence electrons. The molecule has 2 heterocycles. The van der Waals surface area contributed by atoms with Crippen LogP contribution in [0.15, 0.2) is 42.7 Å². The molecule has 21 heavy (non-hydrogen) atoms. The smallest absolute Gasteiger partial charge is 0.231 e. The summed E-state index contributed by atoms with van der Waals surface area (Å²) in [7, 11) is 0. The van der Waals surface area contributed by atoms with E-state index in [1.165, 1.54) is 0 Å².